The van der Waals surface area contributed by atoms with Crippen LogP contribution in [0.15, 0.2) is 29.6 Å². The normalized spacial score (nSPS) is 14.0. The number of hydrogen-bond donors (Lipinski definition) is 1. The molecule has 104 valence electrons. The predicted octanol–water partition coefficient (Wildman–Crippen LogP) is 3.69. The Morgan fingerprint density at radius 3 is 2.95 bits per heavy atom. The molecule has 0 saturated heterocycles. The summed E-state index contributed by atoms with van der Waals surface area (Å²) in [7, 11) is 2.12. The van der Waals surface area contributed by atoms with E-state index in [2.05, 4.69) is 29.4 Å². The number of benzene rings is 1. The molecule has 1 aliphatic heterocycles. The van der Waals surface area contributed by atoms with Crippen molar-refractivity contribution in [3.05, 3.63) is 45.6 Å². The number of fused-ring (bicyclic) bond motifs is 1. The van der Waals surface area contributed by atoms with Gasteiger partial charge in [0, 0.05) is 25.0 Å². The van der Waals surface area contributed by atoms with Gasteiger partial charge in [-0.25, -0.2) is 0 Å². The summed E-state index contributed by atoms with van der Waals surface area (Å²) in [4.78, 5) is 15.3. The number of amides is 1. The molecule has 0 spiro atoms. The van der Waals surface area contributed by atoms with Crippen LogP contribution in [0.4, 0.5) is 11.4 Å². The van der Waals surface area contributed by atoms with Gasteiger partial charge in [-0.1, -0.05) is 0 Å². The fourth-order valence-corrected chi connectivity index (χ4v) is 3.48. The maximum Gasteiger partial charge on any atom is 0.265 e. The lowest BCUT2D eigenvalue weighted by Gasteiger charge is -2.27. The Hall–Kier alpha value is -1.81. The van der Waals surface area contributed by atoms with E-state index < -0.39 is 0 Å². The van der Waals surface area contributed by atoms with E-state index in [1.807, 2.05) is 24.4 Å². The number of aryl methyl sites for hydroxylation is 2. The number of nitrogens with zero attached hydrogens (tertiary/aromatic N) is 1. The standard InChI is InChI=1S/C16H18N2OS/c1-11-7-9-20-15(11)16(19)17-13-5-6-14-12(10-13)4-3-8-18(14)2/h5-7,9-10H,3-4,8H2,1-2H3,(H,17,19). The monoisotopic (exact) mass is 286 g/mol. The van der Waals surface area contributed by atoms with Gasteiger partial charge in [0.2, 0.25) is 0 Å². The number of nitrogens with one attached hydrogen (secondary N) is 1. The molecule has 1 aliphatic rings. The van der Waals surface area contributed by atoms with Crippen molar-refractivity contribution in [3.8, 4) is 0 Å². The number of rotatable bonds is 2. The van der Waals surface area contributed by atoms with E-state index in [1.165, 1.54) is 29.0 Å². The molecule has 1 N–H and O–H groups in total. The third-order valence-corrected chi connectivity index (χ3v) is 4.77. The van der Waals surface area contributed by atoms with E-state index in [0.29, 0.717) is 0 Å². The molecule has 0 unspecified atom stereocenters. The average molecular weight is 286 g/mol. The first-order chi connectivity index (χ1) is 9.65. The molecule has 3 rings (SSSR count). The molecule has 0 bridgehead atoms. The van der Waals surface area contributed by atoms with Gasteiger partial charge in [0.25, 0.3) is 5.91 Å². The van der Waals surface area contributed by atoms with Gasteiger partial charge >= 0.3 is 0 Å². The van der Waals surface area contributed by atoms with E-state index in [-0.39, 0.29) is 5.91 Å². The van der Waals surface area contributed by atoms with Gasteiger partial charge < -0.3 is 10.2 Å². The maximum absolute atomic E-state index is 12.2. The van der Waals surface area contributed by atoms with Crippen LogP contribution in [0.3, 0.4) is 0 Å². The smallest absolute Gasteiger partial charge is 0.265 e. The lowest BCUT2D eigenvalue weighted by atomic mass is 10.0. The number of thiophene rings is 1. The summed E-state index contributed by atoms with van der Waals surface area (Å²) in [5.41, 5.74) is 4.52. The maximum atomic E-state index is 12.2. The first-order valence-corrected chi connectivity index (χ1v) is 7.72. The third kappa shape index (κ3) is 2.43. The highest BCUT2D eigenvalue weighted by Crippen LogP contribution is 2.29. The van der Waals surface area contributed by atoms with Crippen molar-refractivity contribution in [2.45, 2.75) is 19.8 Å². The highest BCUT2D eigenvalue weighted by atomic mass is 32.1. The van der Waals surface area contributed by atoms with Crippen LogP contribution in [0, 0.1) is 6.92 Å². The Balaban J connectivity index is 1.82. The molecular weight excluding hydrogens is 268 g/mol. The van der Waals surface area contributed by atoms with Crippen molar-refractivity contribution in [3.63, 3.8) is 0 Å². The lowest BCUT2D eigenvalue weighted by molar-refractivity contribution is 0.103. The number of hydrogen-bond acceptors (Lipinski definition) is 3. The summed E-state index contributed by atoms with van der Waals surface area (Å²) in [6.45, 7) is 3.07. The van der Waals surface area contributed by atoms with Gasteiger partial charge in [0.1, 0.15) is 0 Å². The van der Waals surface area contributed by atoms with Crippen molar-refractivity contribution in [2.24, 2.45) is 0 Å². The second kappa shape index (κ2) is 5.29. The molecule has 0 atom stereocenters. The Morgan fingerprint density at radius 1 is 1.35 bits per heavy atom. The zero-order chi connectivity index (χ0) is 14.1. The highest BCUT2D eigenvalue weighted by Gasteiger charge is 2.15. The van der Waals surface area contributed by atoms with Gasteiger partial charge in [-0.2, -0.15) is 0 Å². The predicted molar refractivity (Wildman–Crippen MR) is 85.0 cm³/mol. The molecule has 2 aromatic rings. The van der Waals surface area contributed by atoms with Crippen LogP contribution in [0.1, 0.15) is 27.2 Å². The quantitative estimate of drug-likeness (QED) is 0.913. The fraction of sp³-hybridized carbons (Fsp3) is 0.312. The highest BCUT2D eigenvalue weighted by molar-refractivity contribution is 7.12. The van der Waals surface area contributed by atoms with Crippen molar-refractivity contribution < 1.29 is 4.79 Å². The molecular formula is C16H18N2OS. The first kappa shape index (κ1) is 13.2. The summed E-state index contributed by atoms with van der Waals surface area (Å²) in [5, 5.41) is 4.95. The molecule has 20 heavy (non-hydrogen) atoms. The van der Waals surface area contributed by atoms with E-state index in [0.717, 1.165) is 29.1 Å². The van der Waals surface area contributed by atoms with E-state index >= 15 is 0 Å². The zero-order valence-corrected chi connectivity index (χ0v) is 12.6. The molecule has 3 nitrogen and oxygen atoms in total. The summed E-state index contributed by atoms with van der Waals surface area (Å²) in [6, 6.07) is 8.17. The third-order valence-electron chi connectivity index (χ3n) is 3.76. The Morgan fingerprint density at radius 2 is 2.20 bits per heavy atom. The minimum Gasteiger partial charge on any atom is -0.374 e. The molecule has 4 heteroatoms. The molecule has 0 radical (unpaired) electrons. The Labute approximate surface area is 123 Å². The molecule has 1 amide bonds. The summed E-state index contributed by atoms with van der Waals surface area (Å²) in [6.07, 6.45) is 2.26. The second-order valence-corrected chi connectivity index (χ2v) is 6.17. The molecule has 0 fully saturated rings. The number of carbonyl (C=O) groups is 1. The number of anilines is 2. The van der Waals surface area contributed by atoms with E-state index in [1.54, 1.807) is 0 Å². The van der Waals surface area contributed by atoms with Gasteiger partial charge in [0.15, 0.2) is 0 Å². The van der Waals surface area contributed by atoms with Crippen LogP contribution in [0.5, 0.6) is 0 Å². The molecule has 2 heterocycles. The van der Waals surface area contributed by atoms with Crippen LogP contribution in [0.2, 0.25) is 0 Å². The first-order valence-electron chi connectivity index (χ1n) is 6.84. The van der Waals surface area contributed by atoms with Crippen molar-refractivity contribution in [1.29, 1.82) is 0 Å². The van der Waals surface area contributed by atoms with E-state index in [9.17, 15) is 4.79 Å². The Bertz CT molecular complexity index is 648. The van der Waals surface area contributed by atoms with Crippen LogP contribution in [0.25, 0.3) is 0 Å². The van der Waals surface area contributed by atoms with Crippen LogP contribution in [-0.4, -0.2) is 19.5 Å². The lowest BCUT2D eigenvalue weighted by Crippen LogP contribution is -2.24. The zero-order valence-electron chi connectivity index (χ0n) is 11.8. The number of carbonyl (C=O) groups excluding carboxylic acids is 1. The van der Waals surface area contributed by atoms with Crippen LogP contribution < -0.4 is 10.2 Å². The van der Waals surface area contributed by atoms with Crippen LogP contribution in [-0.2, 0) is 6.42 Å². The Kier molecular flexibility index (Phi) is 3.49. The van der Waals surface area contributed by atoms with Gasteiger partial charge in [0.05, 0.1) is 4.88 Å². The van der Waals surface area contributed by atoms with Crippen molar-refractivity contribution >= 4 is 28.6 Å². The minimum absolute atomic E-state index is 0.0124. The SMILES string of the molecule is Cc1ccsc1C(=O)Nc1ccc2c(c1)CCCN2C. The van der Waals surface area contributed by atoms with E-state index in [4.69, 9.17) is 0 Å². The summed E-state index contributed by atoms with van der Waals surface area (Å²) in [5.74, 6) is -0.0124. The topological polar surface area (TPSA) is 32.3 Å². The molecule has 0 saturated carbocycles. The molecule has 1 aromatic carbocycles. The van der Waals surface area contributed by atoms with Gasteiger partial charge in [-0.15, -0.1) is 11.3 Å². The average Bonchev–Trinajstić information content (AvgIpc) is 2.85. The minimum atomic E-state index is -0.0124. The largest absolute Gasteiger partial charge is 0.374 e. The van der Waals surface area contributed by atoms with Gasteiger partial charge in [-0.05, 0) is 60.5 Å². The van der Waals surface area contributed by atoms with Crippen LogP contribution >= 0.6 is 11.3 Å². The van der Waals surface area contributed by atoms with Gasteiger partial charge in [-0.3, -0.25) is 4.79 Å². The molecule has 1 aromatic heterocycles. The fourth-order valence-electron chi connectivity index (χ4n) is 2.66. The van der Waals surface area contributed by atoms with Crippen molar-refractivity contribution in [1.82, 2.24) is 0 Å². The van der Waals surface area contributed by atoms with Crippen molar-refractivity contribution in [2.75, 3.05) is 23.8 Å². The second-order valence-electron chi connectivity index (χ2n) is 5.26. The summed E-state index contributed by atoms with van der Waals surface area (Å²) >= 11 is 1.49. The molecule has 0 aliphatic carbocycles. The summed E-state index contributed by atoms with van der Waals surface area (Å²) < 4.78 is 0.